The van der Waals surface area contributed by atoms with Crippen LogP contribution in [0.4, 0.5) is 0 Å². The minimum Gasteiger partial charge on any atom is -0.497 e. The number of tetrazole rings is 1. The molecule has 0 saturated carbocycles. The Bertz CT molecular complexity index is 922. The van der Waals surface area contributed by atoms with Crippen LogP contribution in [0.5, 0.6) is 5.75 Å². The Kier molecular flexibility index (Phi) is 5.37. The van der Waals surface area contributed by atoms with Crippen molar-refractivity contribution in [2.24, 2.45) is 0 Å². The minimum absolute atomic E-state index is 0.0211. The van der Waals surface area contributed by atoms with Gasteiger partial charge in [0.25, 0.3) is 0 Å². The van der Waals surface area contributed by atoms with E-state index in [1.54, 1.807) is 36.1 Å². The number of benzene rings is 2. The average Bonchev–Trinajstić information content (AvgIpc) is 3.09. The highest BCUT2D eigenvalue weighted by Crippen LogP contribution is 2.27. The zero-order valence-electron chi connectivity index (χ0n) is 15.1. The molecule has 3 aromatic rings. The first kappa shape index (κ1) is 18.1. The lowest BCUT2D eigenvalue weighted by Gasteiger charge is -2.12. The molecule has 1 heterocycles. The average molecular weight is 368 g/mol. The minimum atomic E-state index is -0.320. The molecule has 0 unspecified atom stereocenters. The number of carbonyl (C=O) groups is 1. The summed E-state index contributed by atoms with van der Waals surface area (Å²) < 4.78 is 6.81. The van der Waals surface area contributed by atoms with Crippen molar-refractivity contribution < 1.29 is 9.53 Å². The fourth-order valence-electron chi connectivity index (χ4n) is 2.65. The van der Waals surface area contributed by atoms with Crippen LogP contribution in [0.2, 0.25) is 0 Å². The summed E-state index contributed by atoms with van der Waals surface area (Å²) >= 11 is 1.34. The van der Waals surface area contributed by atoms with E-state index in [0.717, 1.165) is 17.0 Å². The summed E-state index contributed by atoms with van der Waals surface area (Å²) in [6, 6.07) is 13.2. The van der Waals surface area contributed by atoms with Gasteiger partial charge in [-0.15, -0.1) is 5.10 Å². The molecule has 3 rings (SSSR count). The molecule has 26 heavy (non-hydrogen) atoms. The van der Waals surface area contributed by atoms with E-state index in [4.69, 9.17) is 4.74 Å². The maximum absolute atomic E-state index is 12.7. The molecule has 134 valence electrons. The van der Waals surface area contributed by atoms with Gasteiger partial charge >= 0.3 is 0 Å². The number of methoxy groups -OCH3 is 1. The SMILES string of the molecule is COc1ccc(C(=O)[C@H](C)Sc2nnnn2-c2ccc(C)cc2C)cc1. The van der Waals surface area contributed by atoms with Gasteiger partial charge in [-0.05, 0) is 67.1 Å². The van der Waals surface area contributed by atoms with Crippen LogP contribution in [-0.4, -0.2) is 38.4 Å². The van der Waals surface area contributed by atoms with Gasteiger partial charge in [-0.2, -0.15) is 4.68 Å². The summed E-state index contributed by atoms with van der Waals surface area (Å²) in [6.45, 7) is 5.92. The molecule has 0 spiro atoms. The Hall–Kier alpha value is -2.67. The number of ether oxygens (including phenoxy) is 1. The Labute approximate surface area is 156 Å². The van der Waals surface area contributed by atoms with Gasteiger partial charge in [-0.1, -0.05) is 29.5 Å². The van der Waals surface area contributed by atoms with Crippen molar-refractivity contribution in [3.8, 4) is 11.4 Å². The summed E-state index contributed by atoms with van der Waals surface area (Å²) in [7, 11) is 1.60. The van der Waals surface area contributed by atoms with E-state index in [-0.39, 0.29) is 11.0 Å². The molecule has 2 aromatic carbocycles. The fourth-order valence-corrected chi connectivity index (χ4v) is 3.53. The highest BCUT2D eigenvalue weighted by Gasteiger charge is 2.21. The molecule has 0 amide bonds. The number of rotatable bonds is 6. The van der Waals surface area contributed by atoms with Crippen LogP contribution in [0.25, 0.3) is 5.69 Å². The molecule has 0 aliphatic carbocycles. The first-order valence-electron chi connectivity index (χ1n) is 8.20. The monoisotopic (exact) mass is 368 g/mol. The largest absolute Gasteiger partial charge is 0.497 e. The molecule has 0 saturated heterocycles. The molecule has 0 bridgehead atoms. The van der Waals surface area contributed by atoms with Gasteiger partial charge < -0.3 is 4.74 Å². The number of hydrogen-bond donors (Lipinski definition) is 0. The smallest absolute Gasteiger partial charge is 0.214 e. The quantitative estimate of drug-likeness (QED) is 0.489. The fraction of sp³-hybridized carbons (Fsp3) is 0.263. The van der Waals surface area contributed by atoms with E-state index in [2.05, 4.69) is 21.6 Å². The summed E-state index contributed by atoms with van der Waals surface area (Å²) in [4.78, 5) is 12.7. The molecule has 6 nitrogen and oxygen atoms in total. The van der Waals surface area contributed by atoms with Crippen LogP contribution in [0, 0.1) is 13.8 Å². The third kappa shape index (κ3) is 3.77. The van der Waals surface area contributed by atoms with Gasteiger partial charge in [0.2, 0.25) is 5.16 Å². The second-order valence-electron chi connectivity index (χ2n) is 6.02. The van der Waals surface area contributed by atoms with Gasteiger partial charge in [0.15, 0.2) is 5.78 Å². The third-order valence-electron chi connectivity index (χ3n) is 4.05. The van der Waals surface area contributed by atoms with Crippen LogP contribution in [-0.2, 0) is 0 Å². The molecule has 7 heteroatoms. The van der Waals surface area contributed by atoms with Crippen molar-refractivity contribution in [2.75, 3.05) is 7.11 Å². The Morgan fingerprint density at radius 1 is 1.15 bits per heavy atom. The van der Waals surface area contributed by atoms with Gasteiger partial charge in [0.1, 0.15) is 5.75 Å². The van der Waals surface area contributed by atoms with Crippen LogP contribution in [0.3, 0.4) is 0 Å². The van der Waals surface area contributed by atoms with Crippen molar-refractivity contribution in [1.82, 2.24) is 20.2 Å². The summed E-state index contributed by atoms with van der Waals surface area (Å²) in [5.74, 6) is 0.744. The maximum Gasteiger partial charge on any atom is 0.214 e. The maximum atomic E-state index is 12.7. The molecule has 0 N–H and O–H groups in total. The van der Waals surface area contributed by atoms with Crippen molar-refractivity contribution in [3.63, 3.8) is 0 Å². The van der Waals surface area contributed by atoms with Gasteiger partial charge in [-0.3, -0.25) is 4.79 Å². The first-order chi connectivity index (χ1) is 12.5. The van der Waals surface area contributed by atoms with E-state index < -0.39 is 0 Å². The number of thioether (sulfide) groups is 1. The molecular weight excluding hydrogens is 348 g/mol. The first-order valence-corrected chi connectivity index (χ1v) is 9.08. The van der Waals surface area contributed by atoms with Crippen LogP contribution < -0.4 is 4.74 Å². The van der Waals surface area contributed by atoms with Gasteiger partial charge in [0, 0.05) is 5.56 Å². The number of Topliss-reactive ketones (excluding diaryl/α,β-unsaturated/α-hetero) is 1. The highest BCUT2D eigenvalue weighted by atomic mass is 32.2. The predicted molar refractivity (Wildman–Crippen MR) is 101 cm³/mol. The topological polar surface area (TPSA) is 69.9 Å². The lowest BCUT2D eigenvalue weighted by molar-refractivity contribution is 0.0994. The number of ketones is 1. The molecule has 0 fully saturated rings. The molecular formula is C19H20N4O2S. The third-order valence-corrected chi connectivity index (χ3v) is 5.08. The van der Waals surface area contributed by atoms with Gasteiger partial charge in [0.05, 0.1) is 18.0 Å². The normalized spacial score (nSPS) is 12.0. The van der Waals surface area contributed by atoms with E-state index in [1.807, 2.05) is 32.9 Å². The lowest BCUT2D eigenvalue weighted by atomic mass is 10.1. The summed E-state index contributed by atoms with van der Waals surface area (Å²) in [5, 5.41) is 12.2. The zero-order valence-corrected chi connectivity index (χ0v) is 15.9. The van der Waals surface area contributed by atoms with Crippen LogP contribution in [0.15, 0.2) is 47.6 Å². The summed E-state index contributed by atoms with van der Waals surface area (Å²) in [5.41, 5.74) is 3.80. The Morgan fingerprint density at radius 2 is 1.88 bits per heavy atom. The van der Waals surface area contributed by atoms with Crippen molar-refractivity contribution >= 4 is 17.5 Å². The number of aryl methyl sites for hydroxylation is 2. The predicted octanol–water partition coefficient (Wildman–Crippen LogP) is 3.65. The van der Waals surface area contributed by atoms with Crippen LogP contribution in [0.1, 0.15) is 28.4 Å². The number of aromatic nitrogens is 4. The van der Waals surface area contributed by atoms with Crippen molar-refractivity contribution in [2.45, 2.75) is 31.2 Å². The second kappa shape index (κ2) is 7.70. The van der Waals surface area contributed by atoms with E-state index in [9.17, 15) is 4.79 Å². The van der Waals surface area contributed by atoms with Crippen LogP contribution >= 0.6 is 11.8 Å². The Balaban J connectivity index is 1.80. The number of carbonyl (C=O) groups excluding carboxylic acids is 1. The van der Waals surface area contributed by atoms with E-state index >= 15 is 0 Å². The van der Waals surface area contributed by atoms with E-state index in [0.29, 0.717) is 10.7 Å². The highest BCUT2D eigenvalue weighted by molar-refractivity contribution is 8.00. The van der Waals surface area contributed by atoms with Crippen molar-refractivity contribution in [1.29, 1.82) is 0 Å². The molecule has 0 aliphatic rings. The summed E-state index contributed by atoms with van der Waals surface area (Å²) in [6.07, 6.45) is 0. The zero-order chi connectivity index (χ0) is 18.7. The molecule has 1 atom stereocenters. The Morgan fingerprint density at radius 3 is 2.54 bits per heavy atom. The van der Waals surface area contributed by atoms with Gasteiger partial charge in [-0.25, -0.2) is 0 Å². The number of hydrogen-bond acceptors (Lipinski definition) is 6. The number of nitrogens with zero attached hydrogens (tertiary/aromatic N) is 4. The molecule has 0 aliphatic heterocycles. The van der Waals surface area contributed by atoms with E-state index in [1.165, 1.54) is 17.3 Å². The van der Waals surface area contributed by atoms with Crippen molar-refractivity contribution in [3.05, 3.63) is 59.2 Å². The second-order valence-corrected chi connectivity index (χ2v) is 7.32. The lowest BCUT2D eigenvalue weighted by Crippen LogP contribution is -2.15. The standard InChI is InChI=1S/C19H20N4O2S/c1-12-5-10-17(13(2)11-12)23-19(20-21-22-23)26-14(3)18(24)15-6-8-16(25-4)9-7-15/h5-11,14H,1-4H3/t14-/m0/s1. The molecule has 1 aromatic heterocycles. The molecule has 0 radical (unpaired) electrons.